The van der Waals surface area contributed by atoms with Gasteiger partial charge in [0.1, 0.15) is 5.82 Å². The average molecular weight is 342 g/mol. The molecule has 1 aliphatic rings. The summed E-state index contributed by atoms with van der Waals surface area (Å²) in [5.41, 5.74) is 4.78. The van der Waals surface area contributed by atoms with Gasteiger partial charge in [-0.3, -0.25) is 4.98 Å². The van der Waals surface area contributed by atoms with Crippen molar-refractivity contribution in [2.75, 3.05) is 0 Å². The maximum Gasteiger partial charge on any atom is 0.137 e. The lowest BCUT2D eigenvalue weighted by Gasteiger charge is -2.21. The third-order valence-electron chi connectivity index (χ3n) is 5.53. The Morgan fingerprint density at radius 3 is 2.23 bits per heavy atom. The zero-order valence-electron chi connectivity index (χ0n) is 15.4. The maximum absolute atomic E-state index is 9.61. The SMILES string of the molecule is Cc1ccc(C)n1-c1ccc(-c2ccc(C(C)(C#N)C3CC3)cn2)cn1. The minimum Gasteiger partial charge on any atom is -0.303 e. The topological polar surface area (TPSA) is 54.5 Å². The molecule has 0 aliphatic heterocycles. The molecule has 4 nitrogen and oxygen atoms in total. The summed E-state index contributed by atoms with van der Waals surface area (Å²) < 4.78 is 2.13. The molecule has 1 fully saturated rings. The van der Waals surface area contributed by atoms with Crippen LogP contribution in [0.25, 0.3) is 17.1 Å². The largest absolute Gasteiger partial charge is 0.303 e. The zero-order chi connectivity index (χ0) is 18.3. The second kappa shape index (κ2) is 6.10. The summed E-state index contributed by atoms with van der Waals surface area (Å²) >= 11 is 0. The number of aromatic nitrogens is 3. The summed E-state index contributed by atoms with van der Waals surface area (Å²) in [5.74, 6) is 1.38. The first-order chi connectivity index (χ1) is 12.5. The van der Waals surface area contributed by atoms with Gasteiger partial charge in [0, 0.05) is 29.3 Å². The fourth-order valence-corrected chi connectivity index (χ4v) is 3.62. The molecule has 1 saturated carbocycles. The van der Waals surface area contributed by atoms with E-state index in [1.54, 1.807) is 0 Å². The number of hydrogen-bond acceptors (Lipinski definition) is 3. The Morgan fingerprint density at radius 1 is 1.00 bits per heavy atom. The Balaban J connectivity index is 1.61. The van der Waals surface area contributed by atoms with Crippen molar-refractivity contribution >= 4 is 0 Å². The summed E-state index contributed by atoms with van der Waals surface area (Å²) in [7, 11) is 0. The van der Waals surface area contributed by atoms with E-state index in [0.717, 1.165) is 35.5 Å². The van der Waals surface area contributed by atoms with Gasteiger partial charge in [0.05, 0.1) is 17.2 Å². The molecule has 3 aromatic heterocycles. The smallest absolute Gasteiger partial charge is 0.137 e. The first kappa shape index (κ1) is 16.5. The molecule has 0 amide bonds. The molecule has 26 heavy (non-hydrogen) atoms. The second-order valence-corrected chi connectivity index (χ2v) is 7.38. The monoisotopic (exact) mass is 342 g/mol. The Hall–Kier alpha value is -2.93. The molecule has 0 saturated heterocycles. The molecule has 3 heterocycles. The van der Waals surface area contributed by atoms with Crippen LogP contribution in [-0.2, 0) is 5.41 Å². The van der Waals surface area contributed by atoms with Crippen molar-refractivity contribution in [3.8, 4) is 23.1 Å². The van der Waals surface area contributed by atoms with Gasteiger partial charge >= 0.3 is 0 Å². The number of nitrogens with zero attached hydrogens (tertiary/aromatic N) is 4. The predicted molar refractivity (Wildman–Crippen MR) is 102 cm³/mol. The van der Waals surface area contributed by atoms with Crippen molar-refractivity contribution in [1.82, 2.24) is 14.5 Å². The standard InChI is InChI=1S/C22H22N4/c1-15-4-5-16(2)26(15)21-11-6-17(12-25-21)20-10-9-19(13-24-20)22(3,14-23)18-7-8-18/h4-6,9-13,18H,7-8H2,1-3H3. The highest BCUT2D eigenvalue weighted by Crippen LogP contribution is 2.46. The molecule has 0 aromatic carbocycles. The van der Waals surface area contributed by atoms with Gasteiger partial charge in [0.15, 0.2) is 0 Å². The van der Waals surface area contributed by atoms with Gasteiger partial charge in [-0.25, -0.2) is 4.98 Å². The fourth-order valence-electron chi connectivity index (χ4n) is 3.62. The molecular formula is C22H22N4. The molecule has 4 heteroatoms. The molecule has 0 radical (unpaired) electrons. The molecule has 1 atom stereocenters. The van der Waals surface area contributed by atoms with E-state index >= 15 is 0 Å². The number of hydrogen-bond donors (Lipinski definition) is 0. The van der Waals surface area contributed by atoms with E-state index < -0.39 is 5.41 Å². The van der Waals surface area contributed by atoms with E-state index in [1.807, 2.05) is 43.6 Å². The summed E-state index contributed by atoms with van der Waals surface area (Å²) in [6, 6.07) is 14.8. The number of pyridine rings is 2. The highest BCUT2D eigenvalue weighted by Gasteiger charge is 2.43. The summed E-state index contributed by atoms with van der Waals surface area (Å²) in [5, 5.41) is 9.61. The van der Waals surface area contributed by atoms with Crippen LogP contribution in [-0.4, -0.2) is 14.5 Å². The normalized spacial score (nSPS) is 16.1. The van der Waals surface area contributed by atoms with Gasteiger partial charge in [0.2, 0.25) is 0 Å². The van der Waals surface area contributed by atoms with Gasteiger partial charge in [-0.15, -0.1) is 0 Å². The Bertz CT molecular complexity index is 953. The van der Waals surface area contributed by atoms with Crippen LogP contribution in [0.1, 0.15) is 36.7 Å². The third kappa shape index (κ3) is 2.70. The van der Waals surface area contributed by atoms with Crippen LogP contribution in [0.5, 0.6) is 0 Å². The number of nitriles is 1. The zero-order valence-corrected chi connectivity index (χ0v) is 15.4. The van der Waals surface area contributed by atoms with Crippen molar-refractivity contribution in [3.05, 3.63) is 65.7 Å². The second-order valence-electron chi connectivity index (χ2n) is 7.38. The lowest BCUT2D eigenvalue weighted by Crippen LogP contribution is -2.22. The van der Waals surface area contributed by atoms with Crippen molar-refractivity contribution in [2.24, 2.45) is 5.92 Å². The molecule has 1 aliphatic carbocycles. The fraction of sp³-hybridized carbons (Fsp3) is 0.318. The molecule has 0 N–H and O–H groups in total. The Labute approximate surface area is 154 Å². The quantitative estimate of drug-likeness (QED) is 0.688. The lowest BCUT2D eigenvalue weighted by molar-refractivity contribution is 0.527. The minimum atomic E-state index is -0.420. The van der Waals surface area contributed by atoms with Crippen LogP contribution in [0.3, 0.4) is 0 Å². The van der Waals surface area contributed by atoms with E-state index in [2.05, 4.69) is 46.6 Å². The van der Waals surface area contributed by atoms with Crippen LogP contribution in [0.15, 0.2) is 48.8 Å². The van der Waals surface area contributed by atoms with Crippen LogP contribution < -0.4 is 0 Å². The minimum absolute atomic E-state index is 0.420. The van der Waals surface area contributed by atoms with Crippen molar-refractivity contribution in [3.63, 3.8) is 0 Å². The molecule has 0 spiro atoms. The van der Waals surface area contributed by atoms with E-state index in [-0.39, 0.29) is 0 Å². The average Bonchev–Trinajstić information content (AvgIpc) is 3.47. The molecule has 1 unspecified atom stereocenters. The number of rotatable bonds is 4. The predicted octanol–water partition coefficient (Wildman–Crippen LogP) is 4.74. The van der Waals surface area contributed by atoms with Gasteiger partial charge in [-0.1, -0.05) is 6.07 Å². The van der Waals surface area contributed by atoms with E-state index in [9.17, 15) is 5.26 Å². The van der Waals surface area contributed by atoms with E-state index in [0.29, 0.717) is 5.92 Å². The van der Waals surface area contributed by atoms with E-state index in [4.69, 9.17) is 0 Å². The molecule has 3 aromatic rings. The van der Waals surface area contributed by atoms with Gasteiger partial charge in [-0.2, -0.15) is 5.26 Å². The first-order valence-corrected chi connectivity index (χ1v) is 9.02. The highest BCUT2D eigenvalue weighted by molar-refractivity contribution is 5.59. The van der Waals surface area contributed by atoms with Crippen molar-refractivity contribution in [1.29, 1.82) is 5.26 Å². The van der Waals surface area contributed by atoms with Crippen LogP contribution in [0.2, 0.25) is 0 Å². The molecule has 130 valence electrons. The van der Waals surface area contributed by atoms with E-state index in [1.165, 1.54) is 11.4 Å². The summed E-state index contributed by atoms with van der Waals surface area (Å²) in [4.78, 5) is 9.22. The van der Waals surface area contributed by atoms with Gasteiger partial charge < -0.3 is 4.57 Å². The van der Waals surface area contributed by atoms with Crippen LogP contribution in [0.4, 0.5) is 0 Å². The van der Waals surface area contributed by atoms with Crippen molar-refractivity contribution in [2.45, 2.75) is 39.0 Å². The van der Waals surface area contributed by atoms with Gasteiger partial charge in [-0.05, 0) is 75.4 Å². The molecule has 0 bridgehead atoms. The van der Waals surface area contributed by atoms with Crippen LogP contribution in [0, 0.1) is 31.1 Å². The Morgan fingerprint density at radius 2 is 1.73 bits per heavy atom. The number of aryl methyl sites for hydroxylation is 2. The first-order valence-electron chi connectivity index (χ1n) is 9.02. The van der Waals surface area contributed by atoms with Crippen LogP contribution >= 0.6 is 0 Å². The summed E-state index contributed by atoms with van der Waals surface area (Å²) in [6.45, 7) is 6.18. The summed E-state index contributed by atoms with van der Waals surface area (Å²) in [6.07, 6.45) is 5.98. The third-order valence-corrected chi connectivity index (χ3v) is 5.53. The molecular weight excluding hydrogens is 320 g/mol. The lowest BCUT2D eigenvalue weighted by atomic mass is 9.80. The molecule has 4 rings (SSSR count). The Kier molecular flexibility index (Phi) is 3.88. The maximum atomic E-state index is 9.61. The van der Waals surface area contributed by atoms with Gasteiger partial charge in [0.25, 0.3) is 0 Å². The van der Waals surface area contributed by atoms with Crippen molar-refractivity contribution < 1.29 is 0 Å². The highest BCUT2D eigenvalue weighted by atomic mass is 15.1.